The Hall–Kier alpha value is -2.11. The van der Waals surface area contributed by atoms with Crippen LogP contribution in [0.1, 0.15) is 10.4 Å². The van der Waals surface area contributed by atoms with Gasteiger partial charge in [-0.1, -0.05) is 0 Å². The summed E-state index contributed by atoms with van der Waals surface area (Å²) in [5, 5.41) is 10.5. The summed E-state index contributed by atoms with van der Waals surface area (Å²) in [7, 11) is 0. The van der Waals surface area contributed by atoms with E-state index in [2.05, 4.69) is 0 Å². The quantitative estimate of drug-likeness (QED) is 0.662. The Kier molecular flexibility index (Phi) is 2.66. The van der Waals surface area contributed by atoms with Crippen LogP contribution >= 0.6 is 0 Å². The third-order valence-corrected chi connectivity index (χ3v) is 1.47. The average Bonchev–Trinajstić information content (AvgIpc) is 2.07. The molecule has 1 rings (SSSR count). The van der Waals surface area contributed by atoms with Crippen LogP contribution in [0.25, 0.3) is 0 Å². The molecule has 0 saturated carbocycles. The third-order valence-electron chi connectivity index (χ3n) is 1.47. The number of urea groups is 1. The van der Waals surface area contributed by atoms with Crippen molar-refractivity contribution in [1.82, 2.24) is 0 Å². The Bertz CT molecular complexity index is 392. The van der Waals surface area contributed by atoms with E-state index in [1.807, 2.05) is 5.32 Å². The molecule has 0 atom stereocenters. The van der Waals surface area contributed by atoms with Gasteiger partial charge in [-0.15, -0.1) is 0 Å². The molecule has 0 aromatic heterocycles. The minimum absolute atomic E-state index is 0.150. The van der Waals surface area contributed by atoms with Crippen LogP contribution in [0.3, 0.4) is 0 Å². The number of aromatic carboxylic acids is 1. The first kappa shape index (κ1) is 9.97. The van der Waals surface area contributed by atoms with Gasteiger partial charge in [0.1, 0.15) is 5.82 Å². The number of nitrogens with one attached hydrogen (secondary N) is 1. The monoisotopic (exact) mass is 198 g/mol. The highest BCUT2D eigenvalue weighted by Crippen LogP contribution is 2.15. The fourth-order valence-corrected chi connectivity index (χ4v) is 0.882. The molecule has 2 amide bonds. The highest BCUT2D eigenvalue weighted by molar-refractivity contribution is 5.91. The lowest BCUT2D eigenvalue weighted by Crippen LogP contribution is -2.20. The number of benzene rings is 1. The summed E-state index contributed by atoms with van der Waals surface area (Å²) in [6, 6.07) is 2.18. The maximum atomic E-state index is 13.0. The van der Waals surface area contributed by atoms with Crippen LogP contribution in [-0.4, -0.2) is 17.1 Å². The number of primary amides is 1. The third kappa shape index (κ3) is 2.19. The van der Waals surface area contributed by atoms with Gasteiger partial charge in [-0.2, -0.15) is 0 Å². The van der Waals surface area contributed by atoms with E-state index in [0.717, 1.165) is 18.2 Å². The molecule has 74 valence electrons. The molecule has 0 radical (unpaired) electrons. The Morgan fingerprint density at radius 1 is 1.43 bits per heavy atom. The minimum Gasteiger partial charge on any atom is -0.478 e. The molecule has 0 saturated heterocycles. The zero-order valence-corrected chi connectivity index (χ0v) is 6.95. The number of halogens is 1. The molecule has 1 aromatic rings. The molecule has 0 aliphatic rings. The lowest BCUT2D eigenvalue weighted by Gasteiger charge is -2.03. The summed E-state index contributed by atoms with van der Waals surface area (Å²) < 4.78 is 13.0. The first-order valence-corrected chi connectivity index (χ1v) is 3.60. The second kappa shape index (κ2) is 3.73. The molecule has 0 unspecified atom stereocenters. The summed E-state index contributed by atoms with van der Waals surface area (Å²) in [6.07, 6.45) is 0. The molecule has 0 spiro atoms. The SMILES string of the molecule is NC(=O)Nc1ccc(C(=O)O)cc1F. The maximum absolute atomic E-state index is 13.0. The van der Waals surface area contributed by atoms with E-state index in [9.17, 15) is 14.0 Å². The zero-order valence-electron chi connectivity index (χ0n) is 6.95. The van der Waals surface area contributed by atoms with Gasteiger partial charge in [0.25, 0.3) is 0 Å². The largest absolute Gasteiger partial charge is 0.478 e. The second-order valence-electron chi connectivity index (χ2n) is 2.49. The summed E-state index contributed by atoms with van der Waals surface area (Å²) in [5.74, 6) is -2.08. The fraction of sp³-hybridized carbons (Fsp3) is 0. The lowest BCUT2D eigenvalue weighted by molar-refractivity contribution is 0.0696. The number of carbonyl (C=O) groups excluding carboxylic acids is 1. The molecule has 6 heteroatoms. The number of amides is 2. The maximum Gasteiger partial charge on any atom is 0.335 e. The normalized spacial score (nSPS) is 9.50. The fourth-order valence-electron chi connectivity index (χ4n) is 0.882. The van der Waals surface area contributed by atoms with Crippen molar-refractivity contribution >= 4 is 17.7 Å². The van der Waals surface area contributed by atoms with Gasteiger partial charge < -0.3 is 16.2 Å². The van der Waals surface area contributed by atoms with E-state index in [0.29, 0.717) is 0 Å². The van der Waals surface area contributed by atoms with Gasteiger partial charge in [-0.3, -0.25) is 0 Å². The van der Waals surface area contributed by atoms with Crippen molar-refractivity contribution in [3.05, 3.63) is 29.6 Å². The van der Waals surface area contributed by atoms with Crippen molar-refractivity contribution in [2.75, 3.05) is 5.32 Å². The van der Waals surface area contributed by atoms with E-state index in [1.54, 1.807) is 0 Å². The Balaban J connectivity index is 3.01. The van der Waals surface area contributed by atoms with E-state index >= 15 is 0 Å². The molecular formula is C8H7FN2O3. The second-order valence-corrected chi connectivity index (χ2v) is 2.49. The number of nitrogens with two attached hydrogens (primary N) is 1. The highest BCUT2D eigenvalue weighted by Gasteiger charge is 2.08. The van der Waals surface area contributed by atoms with Crippen molar-refractivity contribution in [2.24, 2.45) is 5.73 Å². The number of carboxylic acids is 1. The molecule has 1 aromatic carbocycles. The van der Waals surface area contributed by atoms with Crippen molar-refractivity contribution in [3.63, 3.8) is 0 Å². The van der Waals surface area contributed by atoms with Crippen LogP contribution in [0.2, 0.25) is 0 Å². The summed E-state index contributed by atoms with van der Waals surface area (Å²) >= 11 is 0. The van der Waals surface area contributed by atoms with E-state index in [1.165, 1.54) is 0 Å². The number of hydrogen-bond donors (Lipinski definition) is 3. The molecule has 0 aliphatic heterocycles. The smallest absolute Gasteiger partial charge is 0.335 e. The van der Waals surface area contributed by atoms with Gasteiger partial charge in [0.05, 0.1) is 11.3 Å². The van der Waals surface area contributed by atoms with Crippen LogP contribution in [0, 0.1) is 5.82 Å². The number of carbonyl (C=O) groups is 2. The molecule has 0 bridgehead atoms. The first-order valence-electron chi connectivity index (χ1n) is 3.60. The Morgan fingerprint density at radius 2 is 2.07 bits per heavy atom. The van der Waals surface area contributed by atoms with Crippen LogP contribution < -0.4 is 11.1 Å². The summed E-state index contributed by atoms with van der Waals surface area (Å²) in [6.45, 7) is 0. The van der Waals surface area contributed by atoms with Gasteiger partial charge >= 0.3 is 12.0 Å². The number of rotatable bonds is 2. The highest BCUT2D eigenvalue weighted by atomic mass is 19.1. The van der Waals surface area contributed by atoms with Crippen molar-refractivity contribution in [1.29, 1.82) is 0 Å². The summed E-state index contributed by atoms with van der Waals surface area (Å²) in [5.41, 5.74) is 4.41. The zero-order chi connectivity index (χ0) is 10.7. The molecule has 0 fully saturated rings. The molecule has 14 heavy (non-hydrogen) atoms. The Morgan fingerprint density at radius 3 is 2.50 bits per heavy atom. The van der Waals surface area contributed by atoms with Gasteiger partial charge in [0.15, 0.2) is 0 Å². The molecule has 0 aliphatic carbocycles. The van der Waals surface area contributed by atoms with Gasteiger partial charge in [0, 0.05) is 0 Å². The topological polar surface area (TPSA) is 92.4 Å². The van der Waals surface area contributed by atoms with Gasteiger partial charge in [-0.05, 0) is 18.2 Å². The molecule has 0 heterocycles. The van der Waals surface area contributed by atoms with Crippen LogP contribution in [0.5, 0.6) is 0 Å². The number of hydrogen-bond acceptors (Lipinski definition) is 2. The van der Waals surface area contributed by atoms with E-state index < -0.39 is 17.8 Å². The standard InChI is InChI=1S/C8H7FN2O3/c9-5-3-4(7(12)13)1-2-6(5)11-8(10)14/h1-3H,(H,12,13)(H3,10,11,14). The Labute approximate surface area is 78.3 Å². The van der Waals surface area contributed by atoms with Crippen LogP contribution in [0.4, 0.5) is 14.9 Å². The summed E-state index contributed by atoms with van der Waals surface area (Å²) in [4.78, 5) is 20.8. The predicted molar refractivity (Wildman–Crippen MR) is 46.6 cm³/mol. The van der Waals surface area contributed by atoms with Crippen molar-refractivity contribution < 1.29 is 19.1 Å². The average molecular weight is 198 g/mol. The predicted octanol–water partition coefficient (Wildman–Crippen LogP) is 1.01. The van der Waals surface area contributed by atoms with Gasteiger partial charge in [0.2, 0.25) is 0 Å². The number of anilines is 1. The first-order chi connectivity index (χ1) is 6.50. The van der Waals surface area contributed by atoms with Gasteiger partial charge in [-0.25, -0.2) is 14.0 Å². The van der Waals surface area contributed by atoms with E-state index in [4.69, 9.17) is 10.8 Å². The van der Waals surface area contributed by atoms with E-state index in [-0.39, 0.29) is 11.3 Å². The molecular weight excluding hydrogens is 191 g/mol. The number of carboxylic acid groups (broad SMARTS) is 1. The lowest BCUT2D eigenvalue weighted by atomic mass is 10.2. The molecule has 5 nitrogen and oxygen atoms in total. The van der Waals surface area contributed by atoms with Crippen molar-refractivity contribution in [3.8, 4) is 0 Å². The van der Waals surface area contributed by atoms with Crippen LogP contribution in [-0.2, 0) is 0 Å². The molecule has 4 N–H and O–H groups in total. The van der Waals surface area contributed by atoms with Crippen LogP contribution in [0.15, 0.2) is 18.2 Å². The minimum atomic E-state index is -1.24. The van der Waals surface area contributed by atoms with Crippen molar-refractivity contribution in [2.45, 2.75) is 0 Å².